The summed E-state index contributed by atoms with van der Waals surface area (Å²) in [6.45, 7) is 1.86. The number of carboxylic acid groups (broad SMARTS) is 1. The SMILES string of the molecule is CC(NC(=O)[O-])C(=O)NCCCc1ccc(F)cc1. The van der Waals surface area contributed by atoms with E-state index >= 15 is 0 Å². The Kier molecular flexibility index (Phi) is 5.78. The van der Waals surface area contributed by atoms with Crippen molar-refractivity contribution in [2.24, 2.45) is 0 Å². The number of carbonyl (C=O) groups is 2. The van der Waals surface area contributed by atoms with Crippen molar-refractivity contribution < 1.29 is 19.1 Å². The van der Waals surface area contributed by atoms with E-state index in [1.807, 2.05) is 5.32 Å². The standard InChI is InChI=1S/C13H17FN2O3/c1-9(16-13(18)19)12(17)15-8-2-3-10-4-6-11(14)7-5-10/h4-7,9,16H,2-3,8H2,1H3,(H,15,17)(H,18,19)/p-1. The number of benzene rings is 1. The summed E-state index contributed by atoms with van der Waals surface area (Å²) in [4.78, 5) is 21.6. The van der Waals surface area contributed by atoms with Gasteiger partial charge in [-0.15, -0.1) is 0 Å². The van der Waals surface area contributed by atoms with Gasteiger partial charge in [0.25, 0.3) is 0 Å². The van der Waals surface area contributed by atoms with Crippen LogP contribution in [0.3, 0.4) is 0 Å². The van der Waals surface area contributed by atoms with Gasteiger partial charge in [-0.25, -0.2) is 4.39 Å². The van der Waals surface area contributed by atoms with E-state index in [-0.39, 0.29) is 5.82 Å². The van der Waals surface area contributed by atoms with Gasteiger partial charge in [0, 0.05) is 6.54 Å². The zero-order chi connectivity index (χ0) is 14.3. The molecule has 19 heavy (non-hydrogen) atoms. The van der Waals surface area contributed by atoms with Crippen LogP contribution in [0.1, 0.15) is 18.9 Å². The van der Waals surface area contributed by atoms with Crippen molar-refractivity contribution in [3.8, 4) is 0 Å². The van der Waals surface area contributed by atoms with E-state index in [1.54, 1.807) is 12.1 Å². The average molecular weight is 267 g/mol. The monoisotopic (exact) mass is 267 g/mol. The fraction of sp³-hybridized carbons (Fsp3) is 0.385. The molecule has 1 unspecified atom stereocenters. The van der Waals surface area contributed by atoms with Crippen LogP contribution in [-0.4, -0.2) is 24.6 Å². The molecule has 0 fully saturated rings. The zero-order valence-electron chi connectivity index (χ0n) is 10.6. The molecule has 1 rings (SSSR count). The van der Waals surface area contributed by atoms with Crippen LogP contribution in [0.15, 0.2) is 24.3 Å². The highest BCUT2D eigenvalue weighted by Crippen LogP contribution is 2.04. The van der Waals surface area contributed by atoms with E-state index in [0.717, 1.165) is 5.56 Å². The summed E-state index contributed by atoms with van der Waals surface area (Å²) in [6, 6.07) is 5.32. The van der Waals surface area contributed by atoms with Gasteiger partial charge in [-0.1, -0.05) is 12.1 Å². The van der Waals surface area contributed by atoms with Gasteiger partial charge >= 0.3 is 0 Å². The van der Waals surface area contributed by atoms with E-state index in [2.05, 4.69) is 5.32 Å². The Bertz CT molecular complexity index is 434. The van der Waals surface area contributed by atoms with Crippen LogP contribution < -0.4 is 15.7 Å². The Morgan fingerprint density at radius 1 is 1.32 bits per heavy atom. The molecule has 0 bridgehead atoms. The Hall–Kier alpha value is -2.11. The van der Waals surface area contributed by atoms with Crippen molar-refractivity contribution in [1.82, 2.24) is 10.6 Å². The lowest BCUT2D eigenvalue weighted by Gasteiger charge is -2.15. The molecule has 0 spiro atoms. The first-order chi connectivity index (χ1) is 8.99. The summed E-state index contributed by atoms with van der Waals surface area (Å²) >= 11 is 0. The largest absolute Gasteiger partial charge is 0.530 e. The second-order valence-electron chi connectivity index (χ2n) is 4.17. The third-order valence-corrected chi connectivity index (χ3v) is 2.58. The van der Waals surface area contributed by atoms with E-state index < -0.39 is 18.0 Å². The van der Waals surface area contributed by atoms with Crippen molar-refractivity contribution in [3.05, 3.63) is 35.6 Å². The number of rotatable bonds is 6. The predicted octanol–water partition coefficient (Wildman–Crippen LogP) is 0.196. The van der Waals surface area contributed by atoms with Crippen LogP contribution in [-0.2, 0) is 11.2 Å². The highest BCUT2D eigenvalue weighted by atomic mass is 19.1. The van der Waals surface area contributed by atoms with E-state index in [0.29, 0.717) is 19.4 Å². The molecule has 2 N–H and O–H groups in total. The topological polar surface area (TPSA) is 81.3 Å². The number of nitrogens with one attached hydrogen (secondary N) is 2. The molecule has 5 nitrogen and oxygen atoms in total. The average Bonchev–Trinajstić information content (AvgIpc) is 2.35. The van der Waals surface area contributed by atoms with Gasteiger partial charge in [-0.05, 0) is 37.5 Å². The van der Waals surface area contributed by atoms with Gasteiger partial charge in [0.2, 0.25) is 5.91 Å². The molecule has 0 saturated carbocycles. The lowest BCUT2D eigenvalue weighted by Crippen LogP contribution is -2.49. The highest BCUT2D eigenvalue weighted by molar-refractivity contribution is 5.84. The number of halogens is 1. The molecule has 6 heteroatoms. The van der Waals surface area contributed by atoms with Crippen molar-refractivity contribution in [2.45, 2.75) is 25.8 Å². The van der Waals surface area contributed by atoms with Crippen LogP contribution in [0.4, 0.5) is 9.18 Å². The Labute approximate surface area is 110 Å². The molecular formula is C13H16FN2O3-. The number of carbonyl (C=O) groups excluding carboxylic acids is 2. The van der Waals surface area contributed by atoms with Crippen molar-refractivity contribution in [2.75, 3.05) is 6.54 Å². The van der Waals surface area contributed by atoms with E-state index in [9.17, 15) is 19.1 Å². The lowest BCUT2D eigenvalue weighted by atomic mass is 10.1. The molecule has 0 aromatic heterocycles. The van der Waals surface area contributed by atoms with Crippen molar-refractivity contribution in [1.29, 1.82) is 0 Å². The first kappa shape index (κ1) is 14.9. The zero-order valence-corrected chi connectivity index (χ0v) is 10.6. The molecule has 1 atom stereocenters. The summed E-state index contributed by atoms with van der Waals surface area (Å²) in [5.41, 5.74) is 0.983. The predicted molar refractivity (Wildman–Crippen MR) is 65.7 cm³/mol. The minimum atomic E-state index is -1.48. The third-order valence-electron chi connectivity index (χ3n) is 2.58. The van der Waals surface area contributed by atoms with Crippen molar-refractivity contribution in [3.63, 3.8) is 0 Å². The summed E-state index contributed by atoms with van der Waals surface area (Å²) < 4.78 is 12.7. The molecule has 2 amide bonds. The number of amides is 2. The maximum absolute atomic E-state index is 12.7. The second-order valence-corrected chi connectivity index (χ2v) is 4.17. The van der Waals surface area contributed by atoms with Crippen LogP contribution in [0, 0.1) is 5.82 Å². The number of hydrogen-bond donors (Lipinski definition) is 2. The highest BCUT2D eigenvalue weighted by Gasteiger charge is 2.10. The molecule has 0 aliphatic rings. The fourth-order valence-electron chi connectivity index (χ4n) is 1.55. The maximum Gasteiger partial charge on any atom is 0.242 e. The smallest absolute Gasteiger partial charge is 0.242 e. The fourth-order valence-corrected chi connectivity index (χ4v) is 1.55. The van der Waals surface area contributed by atoms with Gasteiger partial charge in [-0.2, -0.15) is 0 Å². The Balaban J connectivity index is 2.21. The summed E-state index contributed by atoms with van der Waals surface area (Å²) in [5.74, 6) is -0.678. The van der Waals surface area contributed by atoms with Gasteiger partial charge in [0.15, 0.2) is 0 Å². The molecule has 1 aromatic rings. The molecular weight excluding hydrogens is 251 g/mol. The van der Waals surface area contributed by atoms with Gasteiger partial charge in [0.1, 0.15) is 18.0 Å². The van der Waals surface area contributed by atoms with Crippen molar-refractivity contribution >= 4 is 12.0 Å². The van der Waals surface area contributed by atoms with E-state index in [4.69, 9.17) is 0 Å². The molecule has 1 aromatic carbocycles. The van der Waals surface area contributed by atoms with Crippen LogP contribution in [0.25, 0.3) is 0 Å². The van der Waals surface area contributed by atoms with Crippen LogP contribution >= 0.6 is 0 Å². The minimum absolute atomic E-state index is 0.278. The molecule has 0 aliphatic heterocycles. The lowest BCUT2D eigenvalue weighted by molar-refractivity contribution is -0.251. The summed E-state index contributed by atoms with van der Waals surface area (Å²) in [7, 11) is 0. The normalized spacial score (nSPS) is 11.7. The first-order valence-electron chi connectivity index (χ1n) is 5.98. The molecule has 0 saturated heterocycles. The molecule has 104 valence electrons. The molecule has 0 aliphatic carbocycles. The number of aryl methyl sites for hydroxylation is 1. The quantitative estimate of drug-likeness (QED) is 0.722. The van der Waals surface area contributed by atoms with E-state index in [1.165, 1.54) is 19.1 Å². The van der Waals surface area contributed by atoms with Gasteiger partial charge in [-0.3, -0.25) is 4.79 Å². The summed E-state index contributed by atoms with van der Waals surface area (Å²) in [6.07, 6.45) is -0.0768. The van der Waals surface area contributed by atoms with Crippen LogP contribution in [0.5, 0.6) is 0 Å². The molecule has 0 heterocycles. The first-order valence-corrected chi connectivity index (χ1v) is 5.98. The minimum Gasteiger partial charge on any atom is -0.530 e. The van der Waals surface area contributed by atoms with Gasteiger partial charge in [0.05, 0.1) is 0 Å². The summed E-state index contributed by atoms with van der Waals surface area (Å²) in [5, 5.41) is 14.8. The number of hydrogen-bond acceptors (Lipinski definition) is 3. The maximum atomic E-state index is 12.7. The molecule has 0 radical (unpaired) electrons. The second kappa shape index (κ2) is 7.35. The third kappa shape index (κ3) is 5.85. The van der Waals surface area contributed by atoms with Gasteiger partial charge < -0.3 is 20.5 Å². The Morgan fingerprint density at radius 3 is 2.53 bits per heavy atom. The Morgan fingerprint density at radius 2 is 1.95 bits per heavy atom. The van der Waals surface area contributed by atoms with Crippen LogP contribution in [0.2, 0.25) is 0 Å².